The van der Waals surface area contributed by atoms with Crippen molar-refractivity contribution in [1.82, 2.24) is 15.2 Å². The van der Waals surface area contributed by atoms with Gasteiger partial charge in [0.1, 0.15) is 6.33 Å². The summed E-state index contributed by atoms with van der Waals surface area (Å²) in [5, 5.41) is 5.33. The maximum atomic E-state index is 12.3. The molecule has 0 radical (unpaired) electrons. The summed E-state index contributed by atoms with van der Waals surface area (Å²) in [7, 11) is -3.49. The zero-order valence-corrected chi connectivity index (χ0v) is 10.2. The number of rotatable bonds is 4. The molecule has 90 valence electrons. The van der Waals surface area contributed by atoms with Crippen molar-refractivity contribution >= 4 is 9.84 Å². The lowest BCUT2D eigenvalue weighted by atomic mass is 10.1. The molecule has 1 atom stereocenters. The Labute approximate surface area is 99.8 Å². The highest BCUT2D eigenvalue weighted by Gasteiger charge is 2.29. The first kappa shape index (κ1) is 11.8. The molecule has 1 heterocycles. The molecule has 1 aromatic heterocycles. The number of hydrogen-bond acceptors (Lipinski definition) is 4. The first-order valence-electron chi connectivity index (χ1n) is 5.30. The molecule has 2 rings (SSSR count). The van der Waals surface area contributed by atoms with Crippen LogP contribution in [0.15, 0.2) is 41.8 Å². The van der Waals surface area contributed by atoms with Gasteiger partial charge in [-0.3, -0.25) is 5.10 Å². The quantitative estimate of drug-likeness (QED) is 0.897. The highest BCUT2D eigenvalue weighted by Crippen LogP contribution is 2.29. The first-order valence-corrected chi connectivity index (χ1v) is 6.85. The zero-order valence-electron chi connectivity index (χ0n) is 9.37. The Kier molecular flexibility index (Phi) is 3.23. The molecule has 0 bridgehead atoms. The van der Waals surface area contributed by atoms with Crippen LogP contribution >= 0.6 is 0 Å². The third kappa shape index (κ3) is 2.21. The fourth-order valence-electron chi connectivity index (χ4n) is 1.77. The van der Waals surface area contributed by atoms with Crippen LogP contribution in [0, 0.1) is 0 Å². The zero-order chi connectivity index (χ0) is 12.3. The van der Waals surface area contributed by atoms with Crippen LogP contribution < -0.4 is 0 Å². The van der Waals surface area contributed by atoms with Crippen molar-refractivity contribution < 1.29 is 8.42 Å². The van der Waals surface area contributed by atoms with E-state index in [1.165, 1.54) is 6.33 Å². The monoisotopic (exact) mass is 251 g/mol. The molecule has 0 spiro atoms. The standard InChI is InChI=1S/C11H13N3O2S/c1-2-10(9-6-4-3-5-7-9)17(15,16)11-12-8-13-14-11/h3-8,10H,2H2,1H3,(H,12,13,14)/t10-/m1/s1. The number of H-pyrrole nitrogens is 1. The Bertz CT molecular complexity index is 564. The van der Waals surface area contributed by atoms with Crippen LogP contribution in [0.5, 0.6) is 0 Å². The molecule has 6 heteroatoms. The van der Waals surface area contributed by atoms with Crippen molar-refractivity contribution in [2.75, 3.05) is 0 Å². The Morgan fingerprint density at radius 2 is 2.00 bits per heavy atom. The van der Waals surface area contributed by atoms with Gasteiger partial charge in [-0.05, 0) is 12.0 Å². The highest BCUT2D eigenvalue weighted by atomic mass is 32.2. The number of nitrogens with one attached hydrogen (secondary N) is 1. The molecule has 0 aliphatic carbocycles. The lowest BCUT2D eigenvalue weighted by molar-refractivity contribution is 0.570. The average molecular weight is 251 g/mol. The molecular weight excluding hydrogens is 238 g/mol. The van der Waals surface area contributed by atoms with Gasteiger partial charge >= 0.3 is 0 Å². The number of aromatic amines is 1. The van der Waals surface area contributed by atoms with E-state index in [0.29, 0.717) is 6.42 Å². The molecule has 0 unspecified atom stereocenters. The van der Waals surface area contributed by atoms with Crippen molar-refractivity contribution in [2.24, 2.45) is 0 Å². The summed E-state index contributed by atoms with van der Waals surface area (Å²) in [5.74, 6) is 0. The molecule has 1 aromatic carbocycles. The predicted octanol–water partition coefficient (Wildman–Crippen LogP) is 1.73. The first-order chi connectivity index (χ1) is 8.16. The summed E-state index contributed by atoms with van der Waals surface area (Å²) in [5.41, 5.74) is 0.770. The Balaban J connectivity index is 2.44. The van der Waals surface area contributed by atoms with Gasteiger partial charge in [0, 0.05) is 0 Å². The van der Waals surface area contributed by atoms with E-state index in [0.717, 1.165) is 5.56 Å². The third-order valence-corrected chi connectivity index (χ3v) is 4.67. The summed E-state index contributed by atoms with van der Waals surface area (Å²) in [6.45, 7) is 1.84. The maximum absolute atomic E-state index is 12.3. The molecule has 17 heavy (non-hydrogen) atoms. The van der Waals surface area contributed by atoms with Crippen LogP contribution in [0.25, 0.3) is 0 Å². The average Bonchev–Trinajstić information content (AvgIpc) is 2.85. The molecule has 5 nitrogen and oxygen atoms in total. The minimum atomic E-state index is -3.49. The van der Waals surface area contributed by atoms with E-state index in [9.17, 15) is 8.42 Å². The molecule has 0 aliphatic heterocycles. The Morgan fingerprint density at radius 3 is 2.53 bits per heavy atom. The normalized spacial score (nSPS) is 13.5. The Hall–Kier alpha value is -1.69. The van der Waals surface area contributed by atoms with Crippen molar-refractivity contribution in [3.63, 3.8) is 0 Å². The smallest absolute Gasteiger partial charge is 0.243 e. The van der Waals surface area contributed by atoms with E-state index in [4.69, 9.17) is 0 Å². The number of aromatic nitrogens is 3. The highest BCUT2D eigenvalue weighted by molar-refractivity contribution is 7.91. The summed E-state index contributed by atoms with van der Waals surface area (Å²) < 4.78 is 24.6. The van der Waals surface area contributed by atoms with Gasteiger partial charge in [-0.1, -0.05) is 37.3 Å². The lowest BCUT2D eigenvalue weighted by Gasteiger charge is -2.13. The minimum Gasteiger partial charge on any atom is -0.250 e. The van der Waals surface area contributed by atoms with Gasteiger partial charge in [-0.15, -0.1) is 0 Å². The van der Waals surface area contributed by atoms with Gasteiger partial charge < -0.3 is 0 Å². The second-order valence-corrected chi connectivity index (χ2v) is 5.69. The minimum absolute atomic E-state index is 0.0757. The van der Waals surface area contributed by atoms with Crippen LogP contribution in [0.1, 0.15) is 24.2 Å². The van der Waals surface area contributed by atoms with Gasteiger partial charge in [0.05, 0.1) is 5.25 Å². The lowest BCUT2D eigenvalue weighted by Crippen LogP contribution is -2.14. The van der Waals surface area contributed by atoms with Crippen molar-refractivity contribution in [1.29, 1.82) is 0 Å². The summed E-state index contributed by atoms with van der Waals surface area (Å²) >= 11 is 0. The predicted molar refractivity (Wildman–Crippen MR) is 63.0 cm³/mol. The number of hydrogen-bond donors (Lipinski definition) is 1. The van der Waals surface area contributed by atoms with Gasteiger partial charge in [0.25, 0.3) is 0 Å². The second kappa shape index (κ2) is 4.67. The van der Waals surface area contributed by atoms with Crippen LogP contribution in [-0.4, -0.2) is 23.6 Å². The molecule has 0 fully saturated rings. The number of nitrogens with zero attached hydrogens (tertiary/aromatic N) is 2. The number of benzene rings is 1. The molecule has 0 saturated heterocycles. The van der Waals surface area contributed by atoms with Gasteiger partial charge in [0.15, 0.2) is 0 Å². The Morgan fingerprint density at radius 1 is 1.29 bits per heavy atom. The summed E-state index contributed by atoms with van der Waals surface area (Å²) in [4.78, 5) is 3.73. The van der Waals surface area contributed by atoms with Gasteiger partial charge in [0.2, 0.25) is 15.0 Å². The molecule has 0 saturated carbocycles. The topological polar surface area (TPSA) is 75.7 Å². The summed E-state index contributed by atoms with van der Waals surface area (Å²) in [6.07, 6.45) is 1.69. The van der Waals surface area contributed by atoms with Crippen molar-refractivity contribution in [3.05, 3.63) is 42.2 Å². The SMILES string of the molecule is CC[C@H](c1ccccc1)S(=O)(=O)c1ncn[nH]1. The van der Waals surface area contributed by atoms with Crippen LogP contribution in [0.4, 0.5) is 0 Å². The van der Waals surface area contributed by atoms with E-state index < -0.39 is 15.1 Å². The fraction of sp³-hybridized carbons (Fsp3) is 0.273. The fourth-order valence-corrected chi connectivity index (χ4v) is 3.37. The van der Waals surface area contributed by atoms with E-state index >= 15 is 0 Å². The van der Waals surface area contributed by atoms with E-state index in [1.807, 2.05) is 37.3 Å². The van der Waals surface area contributed by atoms with Crippen LogP contribution in [0.3, 0.4) is 0 Å². The molecular formula is C11H13N3O2S. The molecule has 0 amide bonds. The molecule has 2 aromatic rings. The van der Waals surface area contributed by atoms with E-state index in [1.54, 1.807) is 0 Å². The second-order valence-electron chi connectivity index (χ2n) is 3.64. The van der Waals surface area contributed by atoms with Gasteiger partial charge in [-0.2, -0.15) is 5.10 Å². The largest absolute Gasteiger partial charge is 0.250 e. The maximum Gasteiger partial charge on any atom is 0.243 e. The van der Waals surface area contributed by atoms with Crippen molar-refractivity contribution in [2.45, 2.75) is 23.8 Å². The van der Waals surface area contributed by atoms with Crippen LogP contribution in [0.2, 0.25) is 0 Å². The van der Waals surface area contributed by atoms with Gasteiger partial charge in [-0.25, -0.2) is 13.4 Å². The van der Waals surface area contributed by atoms with E-state index in [2.05, 4.69) is 15.2 Å². The van der Waals surface area contributed by atoms with E-state index in [-0.39, 0.29) is 5.16 Å². The van der Waals surface area contributed by atoms with Crippen molar-refractivity contribution in [3.8, 4) is 0 Å². The third-order valence-electron chi connectivity index (χ3n) is 2.58. The summed E-state index contributed by atoms with van der Waals surface area (Å²) in [6, 6.07) is 9.13. The number of sulfone groups is 1. The van der Waals surface area contributed by atoms with Crippen LogP contribution in [-0.2, 0) is 9.84 Å². The molecule has 1 N–H and O–H groups in total. The molecule has 0 aliphatic rings.